The fraction of sp³-hybridized carbons (Fsp3) is 0.769. The average Bonchev–Trinajstić information content (AvgIpc) is 2.62. The van der Waals surface area contributed by atoms with Gasteiger partial charge in [0.25, 0.3) is 0 Å². The number of carbonyl (C=O) groups excluding carboxylic acids is 3. The van der Waals surface area contributed by atoms with E-state index in [0.29, 0.717) is 0 Å². The molecule has 0 aromatic heterocycles. The van der Waals surface area contributed by atoms with Crippen LogP contribution in [-0.2, 0) is 38.1 Å². The minimum atomic E-state index is -1.52. The van der Waals surface area contributed by atoms with Gasteiger partial charge in [0.15, 0.2) is 30.7 Å². The van der Waals surface area contributed by atoms with E-state index in [4.69, 9.17) is 23.7 Å². The number of aliphatic hydroxyl groups is 1. The Morgan fingerprint density at radius 1 is 0.909 bits per heavy atom. The lowest BCUT2D eigenvalue weighted by molar-refractivity contribution is -0.297. The van der Waals surface area contributed by atoms with Crippen molar-refractivity contribution in [3.8, 4) is 0 Å². The lowest BCUT2D eigenvalue weighted by Gasteiger charge is -2.43. The predicted octanol–water partition coefficient (Wildman–Crippen LogP) is -0.755. The minimum absolute atomic E-state index is 0.668. The SMILES string of the molecule is CC(=O)O[C@@H]1[C@H]2O[C@](C)(O[C@@H]2O)[C@@H](OC(C)=O)[C@H]1OC(C)=O. The van der Waals surface area contributed by atoms with E-state index >= 15 is 0 Å². The van der Waals surface area contributed by atoms with Gasteiger partial charge < -0.3 is 28.8 Å². The molecule has 2 saturated heterocycles. The third kappa shape index (κ3) is 3.06. The van der Waals surface area contributed by atoms with Crippen LogP contribution in [0.5, 0.6) is 0 Å². The van der Waals surface area contributed by atoms with Gasteiger partial charge in [0.1, 0.15) is 0 Å². The Balaban J connectivity index is 2.39. The average molecular weight is 318 g/mol. The summed E-state index contributed by atoms with van der Waals surface area (Å²) in [6.07, 6.45) is -6.02. The van der Waals surface area contributed by atoms with Gasteiger partial charge in [-0.1, -0.05) is 0 Å². The molecule has 0 aromatic carbocycles. The second-order valence-corrected chi connectivity index (χ2v) is 5.28. The Morgan fingerprint density at radius 3 is 1.91 bits per heavy atom. The van der Waals surface area contributed by atoms with Crippen molar-refractivity contribution < 1.29 is 43.2 Å². The lowest BCUT2D eigenvalue weighted by Crippen LogP contribution is -2.63. The number of rotatable bonds is 3. The molecule has 0 spiro atoms. The van der Waals surface area contributed by atoms with E-state index < -0.39 is 54.4 Å². The van der Waals surface area contributed by atoms with Crippen LogP contribution >= 0.6 is 0 Å². The van der Waals surface area contributed by atoms with Gasteiger partial charge in [-0.15, -0.1) is 0 Å². The maximum absolute atomic E-state index is 11.3. The molecule has 0 aromatic rings. The van der Waals surface area contributed by atoms with Gasteiger partial charge >= 0.3 is 17.9 Å². The highest BCUT2D eigenvalue weighted by Gasteiger charge is 2.65. The van der Waals surface area contributed by atoms with Crippen LogP contribution in [0.1, 0.15) is 27.7 Å². The molecule has 0 amide bonds. The van der Waals surface area contributed by atoms with E-state index in [-0.39, 0.29) is 0 Å². The number of fused-ring (bicyclic) bond motifs is 2. The van der Waals surface area contributed by atoms with Crippen LogP contribution in [0.4, 0.5) is 0 Å². The summed E-state index contributed by atoms with van der Waals surface area (Å²) < 4.78 is 26.2. The van der Waals surface area contributed by atoms with Crippen LogP contribution in [-0.4, -0.2) is 59.5 Å². The fourth-order valence-corrected chi connectivity index (χ4v) is 2.68. The van der Waals surface area contributed by atoms with Crippen LogP contribution < -0.4 is 0 Å². The van der Waals surface area contributed by atoms with Crippen molar-refractivity contribution >= 4 is 17.9 Å². The number of esters is 3. The van der Waals surface area contributed by atoms with Gasteiger partial charge in [-0.3, -0.25) is 14.4 Å². The van der Waals surface area contributed by atoms with Crippen LogP contribution in [0.3, 0.4) is 0 Å². The lowest BCUT2D eigenvalue weighted by atomic mass is 9.94. The zero-order valence-corrected chi connectivity index (χ0v) is 12.6. The van der Waals surface area contributed by atoms with E-state index in [1.807, 2.05) is 0 Å². The Morgan fingerprint density at radius 2 is 1.41 bits per heavy atom. The highest BCUT2D eigenvalue weighted by atomic mass is 16.8. The fourth-order valence-electron chi connectivity index (χ4n) is 2.68. The molecule has 6 atom stereocenters. The van der Waals surface area contributed by atoms with E-state index in [1.54, 1.807) is 0 Å². The Labute approximate surface area is 126 Å². The minimum Gasteiger partial charge on any atom is -0.455 e. The standard InChI is InChI=1S/C13H18O9/c1-5(14)18-8-9(19-6(2)15)11(20-7(3)16)13(4)21-10(8)12(17)22-13/h8-12,17H,1-4H3/t8-,9-,10+,11-,12-,13+/m0/s1. The monoisotopic (exact) mass is 318 g/mol. The molecule has 2 aliphatic heterocycles. The van der Waals surface area contributed by atoms with Crippen molar-refractivity contribution in [3.63, 3.8) is 0 Å². The number of ether oxygens (including phenoxy) is 5. The van der Waals surface area contributed by atoms with Crippen molar-refractivity contribution in [2.45, 2.75) is 64.2 Å². The first-order valence-corrected chi connectivity index (χ1v) is 6.69. The second kappa shape index (κ2) is 5.82. The molecule has 1 N–H and O–H groups in total. The largest absolute Gasteiger partial charge is 0.455 e. The molecule has 2 bridgehead atoms. The molecule has 124 valence electrons. The highest BCUT2D eigenvalue weighted by Crippen LogP contribution is 2.43. The van der Waals surface area contributed by atoms with Crippen molar-refractivity contribution in [1.82, 2.24) is 0 Å². The van der Waals surface area contributed by atoms with Gasteiger partial charge in [-0.2, -0.15) is 0 Å². The molecular formula is C13H18O9. The summed E-state index contributed by atoms with van der Waals surface area (Å²) in [5.74, 6) is -3.53. The second-order valence-electron chi connectivity index (χ2n) is 5.28. The smallest absolute Gasteiger partial charge is 0.303 e. The van der Waals surface area contributed by atoms with E-state index in [9.17, 15) is 19.5 Å². The first kappa shape index (κ1) is 16.7. The van der Waals surface area contributed by atoms with Crippen molar-refractivity contribution in [3.05, 3.63) is 0 Å². The van der Waals surface area contributed by atoms with Crippen LogP contribution in [0, 0.1) is 0 Å². The van der Waals surface area contributed by atoms with Crippen LogP contribution in [0.25, 0.3) is 0 Å². The van der Waals surface area contributed by atoms with Gasteiger partial charge in [0.2, 0.25) is 5.79 Å². The van der Waals surface area contributed by atoms with Gasteiger partial charge in [0, 0.05) is 20.8 Å². The summed E-state index contributed by atoms with van der Waals surface area (Å²) in [6, 6.07) is 0. The quantitative estimate of drug-likeness (QED) is 0.529. The Kier molecular flexibility index (Phi) is 4.41. The van der Waals surface area contributed by atoms with Crippen molar-refractivity contribution in [2.75, 3.05) is 0 Å². The highest BCUT2D eigenvalue weighted by molar-refractivity contribution is 5.68. The number of carbonyl (C=O) groups is 3. The Bertz CT molecular complexity index is 490. The summed E-state index contributed by atoms with van der Waals surface area (Å²) in [6.45, 7) is 4.91. The van der Waals surface area contributed by atoms with E-state index in [1.165, 1.54) is 6.92 Å². The first-order chi connectivity index (χ1) is 10.1. The summed E-state index contributed by atoms with van der Waals surface area (Å²) in [5.41, 5.74) is 0. The van der Waals surface area contributed by atoms with Gasteiger partial charge in [0.05, 0.1) is 0 Å². The van der Waals surface area contributed by atoms with E-state index in [0.717, 1.165) is 20.8 Å². The first-order valence-electron chi connectivity index (χ1n) is 6.69. The van der Waals surface area contributed by atoms with Gasteiger partial charge in [-0.25, -0.2) is 0 Å². The molecule has 0 aliphatic carbocycles. The summed E-state index contributed by atoms with van der Waals surface area (Å²) in [7, 11) is 0. The zero-order valence-electron chi connectivity index (χ0n) is 12.6. The molecule has 2 rings (SSSR count). The molecule has 2 heterocycles. The summed E-state index contributed by atoms with van der Waals surface area (Å²) in [4.78, 5) is 34.0. The van der Waals surface area contributed by atoms with Crippen molar-refractivity contribution in [2.24, 2.45) is 0 Å². The molecule has 9 nitrogen and oxygen atoms in total. The molecule has 0 unspecified atom stereocenters. The zero-order chi connectivity index (χ0) is 16.7. The van der Waals surface area contributed by atoms with Crippen molar-refractivity contribution in [1.29, 1.82) is 0 Å². The van der Waals surface area contributed by atoms with Crippen LogP contribution in [0.15, 0.2) is 0 Å². The third-order valence-corrected chi connectivity index (χ3v) is 3.37. The molecular weight excluding hydrogens is 300 g/mol. The maximum atomic E-state index is 11.3. The number of hydrogen-bond donors (Lipinski definition) is 1. The van der Waals surface area contributed by atoms with E-state index in [2.05, 4.69) is 0 Å². The van der Waals surface area contributed by atoms with Gasteiger partial charge in [-0.05, 0) is 6.92 Å². The Hall–Kier alpha value is -1.71. The molecule has 9 heteroatoms. The summed E-state index contributed by atoms with van der Waals surface area (Å²) >= 11 is 0. The third-order valence-electron chi connectivity index (χ3n) is 3.37. The molecule has 2 aliphatic rings. The molecule has 2 fully saturated rings. The predicted molar refractivity (Wildman–Crippen MR) is 67.0 cm³/mol. The maximum Gasteiger partial charge on any atom is 0.303 e. The molecule has 0 saturated carbocycles. The normalized spacial score (nSPS) is 40.0. The molecule has 22 heavy (non-hydrogen) atoms. The molecule has 0 radical (unpaired) electrons. The number of hydrogen-bond acceptors (Lipinski definition) is 9. The number of aliphatic hydroxyl groups excluding tert-OH is 1. The topological polar surface area (TPSA) is 118 Å². The summed E-state index contributed by atoms with van der Waals surface area (Å²) in [5, 5.41) is 9.93. The van der Waals surface area contributed by atoms with Crippen LogP contribution in [0.2, 0.25) is 0 Å².